The second-order valence-corrected chi connectivity index (χ2v) is 4.71. The minimum Gasteiger partial charge on any atom is -0.479 e. The van der Waals surface area contributed by atoms with Crippen molar-refractivity contribution in [2.45, 2.75) is 13.0 Å². The molecule has 1 aliphatic heterocycles. The van der Waals surface area contributed by atoms with Crippen LogP contribution in [0.15, 0.2) is 48.5 Å². The predicted octanol–water partition coefficient (Wildman–Crippen LogP) is 3.10. The summed E-state index contributed by atoms with van der Waals surface area (Å²) in [5.74, 6) is 0.743. The van der Waals surface area contributed by atoms with E-state index >= 15 is 0 Å². The lowest BCUT2D eigenvalue weighted by molar-refractivity contribution is -0.125. The highest BCUT2D eigenvalue weighted by molar-refractivity contribution is 6.00. The highest BCUT2D eigenvalue weighted by Crippen LogP contribution is 2.36. The Morgan fingerprint density at radius 3 is 2.53 bits per heavy atom. The van der Waals surface area contributed by atoms with Gasteiger partial charge < -0.3 is 9.64 Å². The van der Waals surface area contributed by atoms with Crippen molar-refractivity contribution in [2.24, 2.45) is 0 Å². The van der Waals surface area contributed by atoms with Crippen molar-refractivity contribution in [1.29, 1.82) is 0 Å². The highest BCUT2D eigenvalue weighted by atomic mass is 16.5. The molecule has 0 aliphatic carbocycles. The number of carbonyl (C=O) groups is 1. The van der Waals surface area contributed by atoms with E-state index < -0.39 is 6.10 Å². The minimum atomic E-state index is -0.417. The molecule has 2 aromatic carbocycles. The lowest BCUT2D eigenvalue weighted by Gasteiger charge is -2.30. The molecule has 0 fully saturated rings. The van der Waals surface area contributed by atoms with Crippen LogP contribution in [0, 0.1) is 0 Å². The van der Waals surface area contributed by atoms with Crippen LogP contribution in [0.2, 0.25) is 0 Å². The highest BCUT2D eigenvalue weighted by Gasteiger charge is 2.28. The first-order valence-corrected chi connectivity index (χ1v) is 6.30. The van der Waals surface area contributed by atoms with Gasteiger partial charge in [-0.3, -0.25) is 4.79 Å². The van der Waals surface area contributed by atoms with Gasteiger partial charge in [-0.25, -0.2) is 0 Å². The minimum absolute atomic E-state index is 0.0160. The van der Waals surface area contributed by atoms with Gasteiger partial charge in [0.25, 0.3) is 5.91 Å². The third kappa shape index (κ3) is 1.97. The molecule has 1 aliphatic rings. The maximum Gasteiger partial charge on any atom is 0.267 e. The largest absolute Gasteiger partial charge is 0.479 e. The molecule has 3 nitrogen and oxygen atoms in total. The van der Waals surface area contributed by atoms with Crippen LogP contribution in [0.25, 0.3) is 11.1 Å². The van der Waals surface area contributed by atoms with Crippen molar-refractivity contribution in [2.75, 3.05) is 11.9 Å². The molecular formula is C16H15NO2. The van der Waals surface area contributed by atoms with E-state index in [4.69, 9.17) is 4.74 Å². The fraction of sp³-hybridized carbons (Fsp3) is 0.188. The quantitative estimate of drug-likeness (QED) is 0.781. The molecular weight excluding hydrogens is 238 g/mol. The summed E-state index contributed by atoms with van der Waals surface area (Å²) in [4.78, 5) is 13.6. The molecule has 0 aromatic heterocycles. The van der Waals surface area contributed by atoms with E-state index in [1.165, 1.54) is 0 Å². The van der Waals surface area contributed by atoms with Gasteiger partial charge in [0.15, 0.2) is 6.10 Å². The zero-order chi connectivity index (χ0) is 13.4. The van der Waals surface area contributed by atoms with E-state index in [1.807, 2.05) is 36.4 Å². The van der Waals surface area contributed by atoms with Crippen molar-refractivity contribution >= 4 is 11.6 Å². The number of amides is 1. The number of anilines is 1. The first kappa shape index (κ1) is 11.8. The number of likely N-dealkylation sites (N-methyl/N-ethyl adjacent to an activating group) is 1. The molecule has 2 aromatic rings. The van der Waals surface area contributed by atoms with Crippen molar-refractivity contribution in [3.8, 4) is 16.9 Å². The first-order valence-electron chi connectivity index (χ1n) is 6.30. The third-order valence-electron chi connectivity index (χ3n) is 3.41. The number of nitrogens with zero attached hydrogens (tertiary/aromatic N) is 1. The van der Waals surface area contributed by atoms with Gasteiger partial charge in [-0.1, -0.05) is 36.4 Å². The number of carbonyl (C=O) groups excluding carboxylic acids is 1. The number of rotatable bonds is 1. The molecule has 0 N–H and O–H groups in total. The number of hydrogen-bond acceptors (Lipinski definition) is 2. The SMILES string of the molecule is CC1Oc2ccc(-c3ccccc3)cc2N(C)C1=O. The van der Waals surface area contributed by atoms with E-state index in [1.54, 1.807) is 18.9 Å². The van der Waals surface area contributed by atoms with Gasteiger partial charge >= 0.3 is 0 Å². The normalized spacial score (nSPS) is 17.9. The lowest BCUT2D eigenvalue weighted by Crippen LogP contribution is -2.41. The zero-order valence-electron chi connectivity index (χ0n) is 11.0. The van der Waals surface area contributed by atoms with Gasteiger partial charge in [0.1, 0.15) is 5.75 Å². The van der Waals surface area contributed by atoms with Crippen molar-refractivity contribution in [1.82, 2.24) is 0 Å². The topological polar surface area (TPSA) is 29.5 Å². The average molecular weight is 253 g/mol. The number of benzene rings is 2. The third-order valence-corrected chi connectivity index (χ3v) is 3.41. The molecule has 0 saturated carbocycles. The number of hydrogen-bond donors (Lipinski definition) is 0. The Labute approximate surface area is 112 Å². The monoisotopic (exact) mass is 253 g/mol. The van der Waals surface area contributed by atoms with Gasteiger partial charge in [-0.15, -0.1) is 0 Å². The molecule has 1 heterocycles. The van der Waals surface area contributed by atoms with Gasteiger partial charge in [0.2, 0.25) is 0 Å². The second-order valence-electron chi connectivity index (χ2n) is 4.71. The Bertz CT molecular complexity index is 622. The van der Waals surface area contributed by atoms with Crippen LogP contribution >= 0.6 is 0 Å². The molecule has 0 saturated heterocycles. The van der Waals surface area contributed by atoms with E-state index in [0.29, 0.717) is 0 Å². The molecule has 3 heteroatoms. The molecule has 0 spiro atoms. The fourth-order valence-corrected chi connectivity index (χ4v) is 2.32. The molecule has 1 unspecified atom stereocenters. The summed E-state index contributed by atoms with van der Waals surface area (Å²) in [7, 11) is 1.79. The van der Waals surface area contributed by atoms with Gasteiger partial charge in [0.05, 0.1) is 5.69 Å². The van der Waals surface area contributed by atoms with Crippen LogP contribution in [-0.4, -0.2) is 19.1 Å². The fourth-order valence-electron chi connectivity index (χ4n) is 2.32. The molecule has 1 atom stereocenters. The Morgan fingerprint density at radius 1 is 1.05 bits per heavy atom. The Kier molecular flexibility index (Phi) is 2.75. The summed E-state index contributed by atoms with van der Waals surface area (Å²) in [6.45, 7) is 1.77. The van der Waals surface area contributed by atoms with Crippen LogP contribution in [-0.2, 0) is 4.79 Å². The zero-order valence-corrected chi connectivity index (χ0v) is 11.0. The van der Waals surface area contributed by atoms with Crippen molar-refractivity contribution < 1.29 is 9.53 Å². The average Bonchev–Trinajstić information content (AvgIpc) is 2.46. The summed E-state index contributed by atoms with van der Waals surface area (Å²) in [6.07, 6.45) is -0.417. The molecule has 3 rings (SSSR count). The summed E-state index contributed by atoms with van der Waals surface area (Å²) >= 11 is 0. The summed E-state index contributed by atoms with van der Waals surface area (Å²) in [5, 5.41) is 0. The summed E-state index contributed by atoms with van der Waals surface area (Å²) < 4.78 is 5.61. The van der Waals surface area contributed by atoms with Gasteiger partial charge in [0, 0.05) is 7.05 Å². The summed E-state index contributed by atoms with van der Waals surface area (Å²) in [5.41, 5.74) is 3.03. The van der Waals surface area contributed by atoms with E-state index in [0.717, 1.165) is 22.6 Å². The van der Waals surface area contributed by atoms with E-state index in [2.05, 4.69) is 12.1 Å². The van der Waals surface area contributed by atoms with E-state index in [-0.39, 0.29) is 5.91 Å². The van der Waals surface area contributed by atoms with Crippen LogP contribution < -0.4 is 9.64 Å². The van der Waals surface area contributed by atoms with Gasteiger partial charge in [-0.2, -0.15) is 0 Å². The van der Waals surface area contributed by atoms with Crippen molar-refractivity contribution in [3.63, 3.8) is 0 Å². The Morgan fingerprint density at radius 2 is 1.79 bits per heavy atom. The van der Waals surface area contributed by atoms with Crippen LogP contribution in [0.4, 0.5) is 5.69 Å². The second kappa shape index (κ2) is 4.43. The first-order chi connectivity index (χ1) is 9.16. The van der Waals surface area contributed by atoms with Crippen LogP contribution in [0.5, 0.6) is 5.75 Å². The predicted molar refractivity (Wildman–Crippen MR) is 75.4 cm³/mol. The van der Waals surface area contributed by atoms with E-state index in [9.17, 15) is 4.79 Å². The smallest absolute Gasteiger partial charge is 0.267 e. The Hall–Kier alpha value is -2.29. The molecule has 1 amide bonds. The standard InChI is InChI=1S/C16H15NO2/c1-11-16(18)17(2)14-10-13(8-9-15(14)19-11)12-6-4-3-5-7-12/h3-11H,1-2H3. The lowest BCUT2D eigenvalue weighted by atomic mass is 10.0. The Balaban J connectivity index is 2.07. The number of ether oxygens (including phenoxy) is 1. The maximum absolute atomic E-state index is 11.9. The number of fused-ring (bicyclic) bond motifs is 1. The molecule has 96 valence electrons. The molecule has 0 bridgehead atoms. The van der Waals surface area contributed by atoms with Crippen LogP contribution in [0.3, 0.4) is 0 Å². The molecule has 0 radical (unpaired) electrons. The van der Waals surface area contributed by atoms with Crippen LogP contribution in [0.1, 0.15) is 6.92 Å². The maximum atomic E-state index is 11.9. The molecule has 19 heavy (non-hydrogen) atoms. The van der Waals surface area contributed by atoms with Gasteiger partial charge in [-0.05, 0) is 30.2 Å². The van der Waals surface area contributed by atoms with Crippen molar-refractivity contribution in [3.05, 3.63) is 48.5 Å². The summed E-state index contributed by atoms with van der Waals surface area (Å²) in [6, 6.07) is 16.0.